The van der Waals surface area contributed by atoms with Crippen LogP contribution in [-0.4, -0.2) is 24.8 Å². The van der Waals surface area contributed by atoms with E-state index in [-0.39, 0.29) is 12.2 Å². The van der Waals surface area contributed by atoms with Crippen molar-refractivity contribution in [3.05, 3.63) is 35.4 Å². The van der Waals surface area contributed by atoms with E-state index in [1.165, 1.54) is 6.07 Å². The molecule has 0 spiro atoms. The molecular weight excluding hydrogens is 230 g/mol. The zero-order valence-corrected chi connectivity index (χ0v) is 10.3. The minimum Gasteiger partial charge on any atom is -0.459 e. The Morgan fingerprint density at radius 3 is 3.11 bits per heavy atom. The molecule has 1 aromatic rings. The Labute approximate surface area is 106 Å². The average Bonchev–Trinajstić information content (AvgIpc) is 2.83. The molecule has 0 unspecified atom stereocenters. The highest BCUT2D eigenvalue weighted by Gasteiger charge is 2.31. The van der Waals surface area contributed by atoms with Crippen LogP contribution in [0.4, 0.5) is 0 Å². The maximum Gasteiger partial charge on any atom is 0.338 e. The number of nitrogens with zero attached hydrogens (tertiary/aromatic N) is 1. The fourth-order valence-corrected chi connectivity index (χ4v) is 1.97. The van der Waals surface area contributed by atoms with Gasteiger partial charge in [-0.05, 0) is 38.0 Å². The van der Waals surface area contributed by atoms with E-state index in [4.69, 9.17) is 14.7 Å². The third-order valence-corrected chi connectivity index (χ3v) is 3.04. The average molecular weight is 245 g/mol. The number of carbonyl (C=O) groups excluding carboxylic acids is 1. The summed E-state index contributed by atoms with van der Waals surface area (Å²) >= 11 is 0. The Hall–Kier alpha value is -1.86. The smallest absolute Gasteiger partial charge is 0.338 e. The SMILES string of the molecule is C[C@]1(COC(=O)c2cccc(C#N)c2)CCCO1. The molecule has 2 rings (SSSR count). The fraction of sp³-hybridized carbons (Fsp3) is 0.429. The summed E-state index contributed by atoms with van der Waals surface area (Å²) in [5.74, 6) is -0.413. The molecule has 1 aliphatic rings. The van der Waals surface area contributed by atoms with E-state index in [1.54, 1.807) is 18.2 Å². The first-order valence-corrected chi connectivity index (χ1v) is 5.94. The highest BCUT2D eigenvalue weighted by Crippen LogP contribution is 2.25. The van der Waals surface area contributed by atoms with Crippen LogP contribution in [0, 0.1) is 11.3 Å². The quantitative estimate of drug-likeness (QED) is 0.766. The van der Waals surface area contributed by atoms with E-state index >= 15 is 0 Å². The predicted octanol–water partition coefficient (Wildman–Crippen LogP) is 2.28. The van der Waals surface area contributed by atoms with Gasteiger partial charge in [-0.1, -0.05) is 6.07 Å². The number of hydrogen-bond acceptors (Lipinski definition) is 4. The van der Waals surface area contributed by atoms with E-state index in [1.807, 2.05) is 13.0 Å². The van der Waals surface area contributed by atoms with Gasteiger partial charge in [0.15, 0.2) is 0 Å². The monoisotopic (exact) mass is 245 g/mol. The number of ether oxygens (including phenoxy) is 2. The number of hydrogen-bond donors (Lipinski definition) is 0. The summed E-state index contributed by atoms with van der Waals surface area (Å²) < 4.78 is 10.8. The van der Waals surface area contributed by atoms with Gasteiger partial charge in [0.2, 0.25) is 0 Å². The van der Waals surface area contributed by atoms with Crippen molar-refractivity contribution in [3.8, 4) is 6.07 Å². The Morgan fingerprint density at radius 2 is 2.44 bits per heavy atom. The van der Waals surface area contributed by atoms with Crippen molar-refractivity contribution < 1.29 is 14.3 Å². The van der Waals surface area contributed by atoms with Crippen molar-refractivity contribution in [1.82, 2.24) is 0 Å². The summed E-state index contributed by atoms with van der Waals surface area (Å²) in [6.07, 6.45) is 1.90. The van der Waals surface area contributed by atoms with E-state index in [0.29, 0.717) is 11.1 Å². The van der Waals surface area contributed by atoms with Crippen molar-refractivity contribution in [2.24, 2.45) is 0 Å². The van der Waals surface area contributed by atoms with Crippen molar-refractivity contribution in [1.29, 1.82) is 5.26 Å². The second-order valence-corrected chi connectivity index (χ2v) is 4.67. The van der Waals surface area contributed by atoms with E-state index in [9.17, 15) is 4.79 Å². The molecule has 0 amide bonds. The molecule has 1 aliphatic heterocycles. The van der Waals surface area contributed by atoms with Crippen LogP contribution in [-0.2, 0) is 9.47 Å². The van der Waals surface area contributed by atoms with Crippen LogP contribution in [0.15, 0.2) is 24.3 Å². The molecule has 1 saturated heterocycles. The van der Waals surface area contributed by atoms with Crippen molar-refractivity contribution in [2.45, 2.75) is 25.4 Å². The zero-order valence-electron chi connectivity index (χ0n) is 10.3. The number of carbonyl (C=O) groups is 1. The Morgan fingerprint density at radius 1 is 1.61 bits per heavy atom. The topological polar surface area (TPSA) is 59.3 Å². The van der Waals surface area contributed by atoms with Crippen LogP contribution >= 0.6 is 0 Å². The number of esters is 1. The maximum atomic E-state index is 11.8. The summed E-state index contributed by atoms with van der Waals surface area (Å²) in [5.41, 5.74) is 0.492. The lowest BCUT2D eigenvalue weighted by atomic mass is 10.0. The van der Waals surface area contributed by atoms with E-state index in [2.05, 4.69) is 0 Å². The van der Waals surface area contributed by atoms with Crippen LogP contribution in [0.5, 0.6) is 0 Å². The number of benzene rings is 1. The molecule has 0 aliphatic carbocycles. The lowest BCUT2D eigenvalue weighted by molar-refractivity contribution is -0.0378. The zero-order chi connectivity index (χ0) is 13.0. The number of nitriles is 1. The van der Waals surface area contributed by atoms with Gasteiger partial charge in [-0.25, -0.2) is 4.79 Å². The summed E-state index contributed by atoms with van der Waals surface area (Å²) in [7, 11) is 0. The molecular formula is C14H15NO3. The number of rotatable bonds is 3. The predicted molar refractivity (Wildman–Crippen MR) is 65.0 cm³/mol. The van der Waals surface area contributed by atoms with Gasteiger partial charge in [-0.3, -0.25) is 0 Å². The third-order valence-electron chi connectivity index (χ3n) is 3.04. The highest BCUT2D eigenvalue weighted by atomic mass is 16.6. The Kier molecular flexibility index (Phi) is 3.63. The molecule has 94 valence electrons. The van der Waals surface area contributed by atoms with E-state index in [0.717, 1.165) is 19.4 Å². The van der Waals surface area contributed by atoms with Gasteiger partial charge in [0, 0.05) is 6.61 Å². The van der Waals surface area contributed by atoms with E-state index < -0.39 is 5.97 Å². The summed E-state index contributed by atoms with van der Waals surface area (Å²) in [6, 6.07) is 8.48. The van der Waals surface area contributed by atoms with Crippen LogP contribution in [0.3, 0.4) is 0 Å². The first kappa shape index (κ1) is 12.6. The Balaban J connectivity index is 1.97. The minimum atomic E-state index is -0.413. The Bertz CT molecular complexity index is 484. The minimum absolute atomic E-state index is 0.253. The molecule has 0 radical (unpaired) electrons. The standard InChI is InChI=1S/C14H15NO3/c1-14(6-3-7-18-14)10-17-13(16)12-5-2-4-11(8-12)9-15/h2,4-5,8H,3,6-7,10H2,1H3/t14-/m1/s1. The maximum absolute atomic E-state index is 11.8. The van der Waals surface area contributed by atoms with Crippen LogP contribution < -0.4 is 0 Å². The normalized spacial score (nSPS) is 22.4. The van der Waals surface area contributed by atoms with Crippen molar-refractivity contribution in [3.63, 3.8) is 0 Å². The molecule has 4 nitrogen and oxygen atoms in total. The molecule has 1 heterocycles. The van der Waals surface area contributed by atoms with Gasteiger partial charge in [0.05, 0.1) is 22.8 Å². The van der Waals surface area contributed by atoms with Gasteiger partial charge in [-0.2, -0.15) is 5.26 Å². The molecule has 0 aromatic heterocycles. The second kappa shape index (κ2) is 5.19. The van der Waals surface area contributed by atoms with Gasteiger partial charge >= 0.3 is 5.97 Å². The molecule has 1 atom stereocenters. The first-order chi connectivity index (χ1) is 8.63. The lowest BCUT2D eigenvalue weighted by Crippen LogP contribution is -2.31. The highest BCUT2D eigenvalue weighted by molar-refractivity contribution is 5.89. The molecule has 0 saturated carbocycles. The largest absolute Gasteiger partial charge is 0.459 e. The summed E-state index contributed by atoms with van der Waals surface area (Å²) in [4.78, 5) is 11.8. The molecule has 0 bridgehead atoms. The second-order valence-electron chi connectivity index (χ2n) is 4.67. The molecule has 0 N–H and O–H groups in total. The molecule has 1 aromatic carbocycles. The molecule has 1 fully saturated rings. The van der Waals surface area contributed by atoms with Gasteiger partial charge in [-0.15, -0.1) is 0 Å². The first-order valence-electron chi connectivity index (χ1n) is 5.94. The van der Waals surface area contributed by atoms with Crippen LogP contribution in [0.25, 0.3) is 0 Å². The van der Waals surface area contributed by atoms with Crippen molar-refractivity contribution in [2.75, 3.05) is 13.2 Å². The summed E-state index contributed by atoms with van der Waals surface area (Å²) in [6.45, 7) is 2.92. The lowest BCUT2D eigenvalue weighted by Gasteiger charge is -2.22. The molecule has 18 heavy (non-hydrogen) atoms. The summed E-state index contributed by atoms with van der Waals surface area (Å²) in [5, 5.41) is 8.77. The van der Waals surface area contributed by atoms with Gasteiger partial charge in [0.1, 0.15) is 6.61 Å². The van der Waals surface area contributed by atoms with Crippen LogP contribution in [0.1, 0.15) is 35.7 Å². The molecule has 4 heteroatoms. The fourth-order valence-electron chi connectivity index (χ4n) is 1.97. The van der Waals surface area contributed by atoms with Crippen molar-refractivity contribution >= 4 is 5.97 Å². The van der Waals surface area contributed by atoms with Gasteiger partial charge in [0.25, 0.3) is 0 Å². The van der Waals surface area contributed by atoms with Gasteiger partial charge < -0.3 is 9.47 Å². The van der Waals surface area contributed by atoms with Crippen LogP contribution in [0.2, 0.25) is 0 Å². The third kappa shape index (κ3) is 2.88.